The average molecular weight is 495 g/mol. The molecule has 2 aromatic carbocycles. The second-order valence-electron chi connectivity index (χ2n) is 8.33. The number of allylic oxidation sites excluding steroid dienone is 1. The number of methoxy groups -OCH3 is 2. The number of hydrogen-bond acceptors (Lipinski definition) is 7. The van der Waals surface area contributed by atoms with Crippen molar-refractivity contribution in [1.82, 2.24) is 20.4 Å². The molecule has 0 bridgehead atoms. The van der Waals surface area contributed by atoms with Crippen molar-refractivity contribution in [1.29, 1.82) is 0 Å². The zero-order chi connectivity index (χ0) is 24.9. The highest BCUT2D eigenvalue weighted by Gasteiger charge is 2.34. The van der Waals surface area contributed by atoms with E-state index < -0.39 is 0 Å². The van der Waals surface area contributed by atoms with Crippen LogP contribution in [-0.4, -0.2) is 46.0 Å². The lowest BCUT2D eigenvalue weighted by molar-refractivity contribution is 0.372. The minimum absolute atomic E-state index is 0.0442. The van der Waals surface area contributed by atoms with Gasteiger partial charge < -0.3 is 29.3 Å². The number of thiocarbonyl (C=S) groups is 1. The van der Waals surface area contributed by atoms with Crippen molar-refractivity contribution in [2.45, 2.75) is 39.2 Å². The monoisotopic (exact) mass is 494 g/mol. The zero-order valence-electron chi connectivity index (χ0n) is 20.4. The van der Waals surface area contributed by atoms with Gasteiger partial charge >= 0.3 is 0 Å². The summed E-state index contributed by atoms with van der Waals surface area (Å²) >= 11 is 5.74. The van der Waals surface area contributed by atoms with E-state index in [2.05, 4.69) is 22.3 Å². The number of hydrogen-bond donors (Lipinski definition) is 2. The average Bonchev–Trinajstić information content (AvgIpc) is 3.35. The van der Waals surface area contributed by atoms with Crippen LogP contribution in [0.1, 0.15) is 50.6 Å². The number of phenols is 1. The van der Waals surface area contributed by atoms with E-state index in [1.165, 1.54) is 7.11 Å². The van der Waals surface area contributed by atoms with Crippen molar-refractivity contribution in [3.05, 3.63) is 59.6 Å². The first-order valence-corrected chi connectivity index (χ1v) is 12.0. The van der Waals surface area contributed by atoms with Crippen molar-refractivity contribution in [3.63, 3.8) is 0 Å². The van der Waals surface area contributed by atoms with Crippen molar-refractivity contribution in [3.8, 4) is 28.6 Å². The molecule has 1 aromatic heterocycles. The number of unbranched alkanes of at least 4 members (excludes halogenated alkanes) is 2. The van der Waals surface area contributed by atoms with Crippen molar-refractivity contribution >= 4 is 22.9 Å². The van der Waals surface area contributed by atoms with Gasteiger partial charge in [-0.05, 0) is 55.4 Å². The molecule has 3 aromatic rings. The van der Waals surface area contributed by atoms with Gasteiger partial charge in [0.1, 0.15) is 5.75 Å². The van der Waals surface area contributed by atoms with E-state index in [9.17, 15) is 5.11 Å². The maximum atomic E-state index is 10.4. The fraction of sp³-hybridized carbons (Fsp3) is 0.346. The third kappa shape index (κ3) is 5.09. The summed E-state index contributed by atoms with van der Waals surface area (Å²) in [6.07, 6.45) is 3.23. The standard InChI is InChI=1S/C26H30N4O4S/c1-5-6-7-13-30-16(2)22(23(27-26(30)35)17-11-12-21(33-4)20(31)15-17)25-28-24(29-34-25)18-9-8-10-19(14-18)32-3/h8-12,14-15,23,31H,5-7,13H2,1-4H3,(H,27,35). The van der Waals surface area contributed by atoms with Crippen LogP contribution in [0.25, 0.3) is 17.0 Å². The van der Waals surface area contributed by atoms with Gasteiger partial charge in [0, 0.05) is 17.8 Å². The lowest BCUT2D eigenvalue weighted by Gasteiger charge is -2.37. The maximum Gasteiger partial charge on any atom is 0.258 e. The summed E-state index contributed by atoms with van der Waals surface area (Å²) in [5.41, 5.74) is 3.33. The lowest BCUT2D eigenvalue weighted by atomic mass is 9.94. The predicted molar refractivity (Wildman–Crippen MR) is 138 cm³/mol. The summed E-state index contributed by atoms with van der Waals surface area (Å²) in [4.78, 5) is 6.81. The largest absolute Gasteiger partial charge is 0.504 e. The van der Waals surface area contributed by atoms with E-state index in [0.29, 0.717) is 28.3 Å². The molecule has 184 valence electrons. The van der Waals surface area contributed by atoms with Crippen LogP contribution in [0.5, 0.6) is 17.2 Å². The number of benzene rings is 2. The lowest BCUT2D eigenvalue weighted by Crippen LogP contribution is -2.46. The first-order chi connectivity index (χ1) is 17.0. The van der Waals surface area contributed by atoms with E-state index >= 15 is 0 Å². The van der Waals surface area contributed by atoms with Crippen molar-refractivity contribution < 1.29 is 19.1 Å². The zero-order valence-corrected chi connectivity index (χ0v) is 21.2. The Bertz CT molecular complexity index is 1240. The minimum atomic E-state index is -0.389. The highest BCUT2D eigenvalue weighted by molar-refractivity contribution is 7.80. The van der Waals surface area contributed by atoms with Crippen LogP contribution < -0.4 is 14.8 Å². The number of nitrogens with zero attached hydrogens (tertiary/aromatic N) is 3. The van der Waals surface area contributed by atoms with Gasteiger partial charge in [0.2, 0.25) is 5.82 Å². The molecule has 0 fully saturated rings. The van der Waals surface area contributed by atoms with Gasteiger partial charge in [-0.3, -0.25) is 0 Å². The van der Waals surface area contributed by atoms with E-state index in [0.717, 1.165) is 48.2 Å². The van der Waals surface area contributed by atoms with Crippen LogP contribution in [0.15, 0.2) is 52.7 Å². The molecule has 1 aliphatic rings. The fourth-order valence-electron chi connectivity index (χ4n) is 4.20. The Hall–Kier alpha value is -3.59. The van der Waals surface area contributed by atoms with Gasteiger partial charge in [-0.25, -0.2) is 0 Å². The summed E-state index contributed by atoms with van der Waals surface area (Å²) in [6.45, 7) is 4.97. The number of aromatic nitrogens is 2. The molecule has 0 radical (unpaired) electrons. The first-order valence-electron chi connectivity index (χ1n) is 11.6. The van der Waals surface area contributed by atoms with Gasteiger partial charge in [-0.15, -0.1) is 0 Å². The highest BCUT2D eigenvalue weighted by Crippen LogP contribution is 2.40. The van der Waals surface area contributed by atoms with Crippen molar-refractivity contribution in [2.24, 2.45) is 0 Å². The molecule has 0 saturated carbocycles. The molecular formula is C26H30N4O4S. The minimum Gasteiger partial charge on any atom is -0.504 e. The summed E-state index contributed by atoms with van der Waals surface area (Å²) in [5.74, 6) is 2.00. The molecule has 0 amide bonds. The Morgan fingerprint density at radius 3 is 2.69 bits per heavy atom. The van der Waals surface area contributed by atoms with Gasteiger partial charge in [0.15, 0.2) is 16.6 Å². The Kier molecular flexibility index (Phi) is 7.55. The molecular weight excluding hydrogens is 464 g/mol. The van der Waals surface area contributed by atoms with Crippen LogP contribution in [0.2, 0.25) is 0 Å². The summed E-state index contributed by atoms with van der Waals surface area (Å²) in [5, 5.41) is 18.7. The third-order valence-corrected chi connectivity index (χ3v) is 6.44. The molecule has 0 spiro atoms. The van der Waals surface area contributed by atoms with E-state index in [4.69, 9.17) is 31.2 Å². The number of nitrogens with one attached hydrogen (secondary N) is 1. The second kappa shape index (κ2) is 10.8. The maximum absolute atomic E-state index is 10.4. The smallest absolute Gasteiger partial charge is 0.258 e. The molecule has 2 N–H and O–H groups in total. The van der Waals surface area contributed by atoms with Crippen LogP contribution in [0.3, 0.4) is 0 Å². The van der Waals surface area contributed by atoms with E-state index in [-0.39, 0.29) is 11.8 Å². The number of ether oxygens (including phenoxy) is 2. The molecule has 1 unspecified atom stereocenters. The van der Waals surface area contributed by atoms with Crippen LogP contribution >= 0.6 is 12.2 Å². The fourth-order valence-corrected chi connectivity index (χ4v) is 4.54. The Morgan fingerprint density at radius 2 is 1.97 bits per heavy atom. The van der Waals surface area contributed by atoms with E-state index in [1.54, 1.807) is 19.2 Å². The second-order valence-corrected chi connectivity index (χ2v) is 8.71. The molecule has 2 heterocycles. The molecule has 35 heavy (non-hydrogen) atoms. The SMILES string of the molecule is CCCCCN1C(=S)NC(c2ccc(OC)c(O)c2)C(c2nc(-c3cccc(OC)c3)no2)=C1C. The first kappa shape index (κ1) is 24.5. The van der Waals surface area contributed by atoms with Gasteiger partial charge in [0.25, 0.3) is 5.89 Å². The number of phenolic OH excluding ortho intramolecular Hbond substituents is 1. The van der Waals surface area contributed by atoms with Crippen LogP contribution in [0.4, 0.5) is 0 Å². The van der Waals surface area contributed by atoms with Crippen molar-refractivity contribution in [2.75, 3.05) is 20.8 Å². The highest BCUT2D eigenvalue weighted by atomic mass is 32.1. The van der Waals surface area contributed by atoms with Crippen LogP contribution in [-0.2, 0) is 0 Å². The third-order valence-electron chi connectivity index (χ3n) is 6.10. The van der Waals surface area contributed by atoms with E-state index in [1.807, 2.05) is 37.3 Å². The molecule has 4 rings (SSSR count). The molecule has 8 nitrogen and oxygen atoms in total. The quantitative estimate of drug-likeness (QED) is 0.303. The molecule has 1 atom stereocenters. The Labute approximate surface area is 210 Å². The summed E-state index contributed by atoms with van der Waals surface area (Å²) in [6, 6.07) is 12.4. The van der Waals surface area contributed by atoms with Crippen LogP contribution in [0, 0.1) is 0 Å². The molecule has 9 heteroatoms. The topological polar surface area (TPSA) is 92.9 Å². The molecule has 0 aliphatic carbocycles. The molecule has 0 saturated heterocycles. The van der Waals surface area contributed by atoms with Gasteiger partial charge in [0.05, 0.1) is 25.8 Å². The Morgan fingerprint density at radius 1 is 1.14 bits per heavy atom. The molecule has 1 aliphatic heterocycles. The van der Waals surface area contributed by atoms with Gasteiger partial charge in [-0.2, -0.15) is 4.98 Å². The Balaban J connectivity index is 1.78. The number of rotatable bonds is 9. The number of aromatic hydroxyl groups is 1. The summed E-state index contributed by atoms with van der Waals surface area (Å²) in [7, 11) is 3.14. The van der Waals surface area contributed by atoms with Gasteiger partial charge in [-0.1, -0.05) is 43.1 Å². The summed E-state index contributed by atoms with van der Waals surface area (Å²) < 4.78 is 16.3. The predicted octanol–water partition coefficient (Wildman–Crippen LogP) is 5.31. The normalized spacial score (nSPS) is 15.8.